The first kappa shape index (κ1) is 17.2. The molecular formula is C8H13N3O8-2. The molecule has 0 spiro atoms. The quantitative estimate of drug-likeness (QED) is 0.300. The summed E-state index contributed by atoms with van der Waals surface area (Å²) in [4.78, 5) is 33.2. The van der Waals surface area contributed by atoms with Gasteiger partial charge in [0.1, 0.15) is 0 Å². The van der Waals surface area contributed by atoms with E-state index in [0.717, 1.165) is 9.80 Å². The summed E-state index contributed by atoms with van der Waals surface area (Å²) in [5, 5.41) is 45.6. The summed E-state index contributed by atoms with van der Waals surface area (Å²) in [6.07, 6.45) is 0. The van der Waals surface area contributed by atoms with Gasteiger partial charge in [-0.05, 0) is 0 Å². The summed E-state index contributed by atoms with van der Waals surface area (Å²) in [6.45, 7) is -3.31. The molecule has 0 aromatic carbocycles. The van der Waals surface area contributed by atoms with Crippen molar-refractivity contribution in [3.8, 4) is 0 Å². The molecule has 0 radical (unpaired) electrons. The molecule has 0 fully saturated rings. The number of hydrogen-bond acceptors (Lipinski definition) is 8. The zero-order valence-corrected chi connectivity index (χ0v) is 9.76. The van der Waals surface area contributed by atoms with Gasteiger partial charge in [0.2, 0.25) is 0 Å². The number of rotatable bonds is 10. The number of carboxylic acids is 3. The first-order chi connectivity index (χ1) is 8.70. The van der Waals surface area contributed by atoms with Crippen LogP contribution >= 0.6 is 0 Å². The van der Waals surface area contributed by atoms with Crippen LogP contribution in [-0.2, 0) is 14.4 Å². The minimum absolute atomic E-state index is 0.452. The molecule has 0 aliphatic rings. The third kappa shape index (κ3) is 9.87. The van der Waals surface area contributed by atoms with Crippen LogP contribution in [0.1, 0.15) is 0 Å². The summed E-state index contributed by atoms with van der Waals surface area (Å²) >= 11 is 0. The number of hydroxylamine groups is 2. The molecule has 0 unspecified atom stereocenters. The van der Waals surface area contributed by atoms with Crippen molar-refractivity contribution in [3.05, 3.63) is 10.4 Å². The molecule has 0 amide bonds. The number of carboxylic acid groups (broad SMARTS) is 3. The van der Waals surface area contributed by atoms with Crippen molar-refractivity contribution in [1.29, 1.82) is 0 Å². The highest BCUT2D eigenvalue weighted by Crippen LogP contribution is 1.97. The Morgan fingerprint density at radius 1 is 0.737 bits per heavy atom. The van der Waals surface area contributed by atoms with Crippen LogP contribution in [-0.4, -0.2) is 81.2 Å². The standard InChI is InChI=1S/C8H13N3O8/c12-6(13)1-9(2-7(14)15)4-10(3-8(16)17)5-11(18)19/h1-5H2,(H,12,13)(H,14,15)(H,16,17)/q-2. The molecule has 0 aliphatic carbocycles. The van der Waals surface area contributed by atoms with Crippen molar-refractivity contribution in [2.45, 2.75) is 0 Å². The smallest absolute Gasteiger partial charge is 0.317 e. The van der Waals surface area contributed by atoms with E-state index >= 15 is 0 Å². The van der Waals surface area contributed by atoms with E-state index in [-0.39, 0.29) is 0 Å². The highest BCUT2D eigenvalue weighted by atomic mass is 16.8. The van der Waals surface area contributed by atoms with Gasteiger partial charge < -0.3 is 31.0 Å². The van der Waals surface area contributed by atoms with Crippen molar-refractivity contribution >= 4 is 17.9 Å². The molecule has 0 aromatic heterocycles. The van der Waals surface area contributed by atoms with Crippen LogP contribution in [0.3, 0.4) is 0 Å². The fourth-order valence-corrected chi connectivity index (χ4v) is 1.32. The van der Waals surface area contributed by atoms with Crippen LogP contribution in [0.15, 0.2) is 0 Å². The SMILES string of the molecule is O=C(O)CN(CC(=O)O)CN(CC(=O)O)CN([O-])[O-]. The maximum atomic E-state index is 10.5. The number of hydrogen-bond donors (Lipinski definition) is 3. The Balaban J connectivity index is 4.64. The van der Waals surface area contributed by atoms with E-state index in [0.29, 0.717) is 0 Å². The highest BCUT2D eigenvalue weighted by Gasteiger charge is 2.18. The summed E-state index contributed by atoms with van der Waals surface area (Å²) < 4.78 is 0. The molecule has 0 aliphatic heterocycles. The summed E-state index contributed by atoms with van der Waals surface area (Å²) in [7, 11) is 0. The fourth-order valence-electron chi connectivity index (χ4n) is 1.32. The van der Waals surface area contributed by atoms with Crippen LogP contribution in [0, 0.1) is 10.4 Å². The molecule has 11 heteroatoms. The predicted octanol–water partition coefficient (Wildman–Crippen LogP) is -1.94. The first-order valence-corrected chi connectivity index (χ1v) is 4.92. The molecule has 0 atom stereocenters. The van der Waals surface area contributed by atoms with Crippen LogP contribution in [0.5, 0.6) is 0 Å². The Morgan fingerprint density at radius 3 is 1.42 bits per heavy atom. The Hall–Kier alpha value is -1.79. The zero-order valence-electron chi connectivity index (χ0n) is 9.76. The Morgan fingerprint density at radius 2 is 1.11 bits per heavy atom. The second kappa shape index (κ2) is 8.34. The van der Waals surface area contributed by atoms with E-state index in [1.54, 1.807) is 0 Å². The van der Waals surface area contributed by atoms with Gasteiger partial charge in [0.25, 0.3) is 0 Å². The lowest BCUT2D eigenvalue weighted by atomic mass is 10.4. The zero-order chi connectivity index (χ0) is 15.0. The van der Waals surface area contributed by atoms with Gasteiger partial charge in [-0.1, -0.05) is 0 Å². The van der Waals surface area contributed by atoms with E-state index in [1.165, 1.54) is 0 Å². The topological polar surface area (TPSA) is 168 Å². The van der Waals surface area contributed by atoms with Crippen molar-refractivity contribution in [2.75, 3.05) is 33.0 Å². The van der Waals surface area contributed by atoms with Crippen molar-refractivity contribution in [1.82, 2.24) is 15.0 Å². The van der Waals surface area contributed by atoms with E-state index in [4.69, 9.17) is 15.3 Å². The van der Waals surface area contributed by atoms with Crippen LogP contribution in [0.2, 0.25) is 0 Å². The van der Waals surface area contributed by atoms with Gasteiger partial charge in [0.15, 0.2) is 0 Å². The normalized spacial score (nSPS) is 11.2. The molecule has 0 aromatic rings. The second-order valence-corrected chi connectivity index (χ2v) is 3.61. The van der Waals surface area contributed by atoms with Crippen LogP contribution in [0.4, 0.5) is 0 Å². The van der Waals surface area contributed by atoms with Gasteiger partial charge in [0.05, 0.1) is 26.3 Å². The molecule has 0 bridgehead atoms. The average Bonchev–Trinajstić information content (AvgIpc) is 2.11. The molecular weight excluding hydrogens is 266 g/mol. The minimum Gasteiger partial charge on any atom is -0.796 e. The van der Waals surface area contributed by atoms with Gasteiger partial charge in [-0.15, -0.1) is 0 Å². The van der Waals surface area contributed by atoms with Crippen molar-refractivity contribution in [2.24, 2.45) is 0 Å². The molecule has 19 heavy (non-hydrogen) atoms. The maximum absolute atomic E-state index is 10.5. The molecule has 0 heterocycles. The first-order valence-electron chi connectivity index (χ1n) is 4.92. The van der Waals surface area contributed by atoms with Crippen LogP contribution in [0.25, 0.3) is 0 Å². The third-order valence-corrected chi connectivity index (χ3v) is 1.79. The van der Waals surface area contributed by atoms with Gasteiger partial charge >= 0.3 is 17.9 Å². The largest absolute Gasteiger partial charge is 0.796 e. The van der Waals surface area contributed by atoms with Gasteiger partial charge in [-0.3, -0.25) is 24.2 Å². The summed E-state index contributed by atoms with van der Waals surface area (Å²) in [6, 6.07) is 0. The Kier molecular flexibility index (Phi) is 7.55. The summed E-state index contributed by atoms with van der Waals surface area (Å²) in [5.74, 6) is -3.98. The fraction of sp³-hybridized carbons (Fsp3) is 0.625. The number of nitrogens with zero attached hydrogens (tertiary/aromatic N) is 3. The molecule has 0 saturated heterocycles. The molecule has 11 nitrogen and oxygen atoms in total. The van der Waals surface area contributed by atoms with Gasteiger partial charge in [0, 0.05) is 6.67 Å². The molecule has 3 N–H and O–H groups in total. The monoisotopic (exact) mass is 279 g/mol. The number of aliphatic carboxylic acids is 3. The van der Waals surface area contributed by atoms with Crippen molar-refractivity contribution < 1.29 is 29.7 Å². The van der Waals surface area contributed by atoms with E-state index in [1.807, 2.05) is 0 Å². The lowest BCUT2D eigenvalue weighted by Crippen LogP contribution is -2.47. The van der Waals surface area contributed by atoms with Crippen LogP contribution < -0.4 is 0 Å². The van der Waals surface area contributed by atoms with Gasteiger partial charge in [-0.2, -0.15) is 0 Å². The molecule has 110 valence electrons. The lowest BCUT2D eigenvalue weighted by Gasteiger charge is -2.40. The average molecular weight is 279 g/mol. The lowest BCUT2D eigenvalue weighted by molar-refractivity contribution is -0.143. The van der Waals surface area contributed by atoms with E-state index in [2.05, 4.69) is 0 Å². The molecule has 0 rings (SSSR count). The minimum atomic E-state index is -1.34. The Labute approximate surface area is 107 Å². The number of carbonyl (C=O) groups is 3. The predicted molar refractivity (Wildman–Crippen MR) is 59.5 cm³/mol. The van der Waals surface area contributed by atoms with E-state index in [9.17, 15) is 24.8 Å². The summed E-state index contributed by atoms with van der Waals surface area (Å²) in [5.41, 5.74) is 0. The molecule has 0 saturated carbocycles. The third-order valence-electron chi connectivity index (χ3n) is 1.79. The van der Waals surface area contributed by atoms with E-state index < -0.39 is 56.1 Å². The van der Waals surface area contributed by atoms with Crippen molar-refractivity contribution in [3.63, 3.8) is 0 Å². The maximum Gasteiger partial charge on any atom is 0.317 e. The Bertz CT molecular complexity index is 318. The van der Waals surface area contributed by atoms with Gasteiger partial charge in [-0.25, -0.2) is 0 Å². The highest BCUT2D eigenvalue weighted by molar-refractivity contribution is 5.72. The second-order valence-electron chi connectivity index (χ2n) is 3.61.